The Morgan fingerprint density at radius 3 is 2.44 bits per heavy atom. The normalized spacial score (nSPS) is 19.4. The van der Waals surface area contributed by atoms with Crippen molar-refractivity contribution in [3.05, 3.63) is 101 Å². The van der Waals surface area contributed by atoms with Crippen LogP contribution in [0.2, 0.25) is 0 Å². The molecule has 39 heavy (non-hydrogen) atoms. The SMILES string of the molecule is Cc1ccccc1COc1ccc(/C(O)=C2/C(=O)C(=O)N(CCCN3CCOCC3)C2c2ccncc2)cc1. The van der Waals surface area contributed by atoms with E-state index in [1.807, 2.05) is 31.2 Å². The number of ketones is 1. The number of Topliss-reactive ketones (excluding diaryl/α,β-unsaturated/α-hetero) is 1. The van der Waals surface area contributed by atoms with Gasteiger partial charge in [0.1, 0.15) is 18.1 Å². The van der Waals surface area contributed by atoms with Gasteiger partial charge in [0.2, 0.25) is 0 Å². The molecule has 8 nitrogen and oxygen atoms in total. The first-order chi connectivity index (χ1) is 19.0. The van der Waals surface area contributed by atoms with Crippen molar-refractivity contribution in [2.75, 3.05) is 39.4 Å². The van der Waals surface area contributed by atoms with Crippen LogP contribution in [0.15, 0.2) is 78.6 Å². The molecule has 0 radical (unpaired) electrons. The Morgan fingerprint density at radius 1 is 1.00 bits per heavy atom. The number of aliphatic hydroxyl groups is 1. The minimum Gasteiger partial charge on any atom is -0.507 e. The van der Waals surface area contributed by atoms with Crippen LogP contribution in [-0.4, -0.2) is 71.0 Å². The third kappa shape index (κ3) is 6.02. The molecule has 1 N–H and O–H groups in total. The lowest BCUT2D eigenvalue weighted by Gasteiger charge is -2.29. The van der Waals surface area contributed by atoms with Crippen LogP contribution in [0.1, 0.15) is 34.7 Å². The predicted molar refractivity (Wildman–Crippen MR) is 147 cm³/mol. The summed E-state index contributed by atoms with van der Waals surface area (Å²) in [5.41, 5.74) is 3.51. The van der Waals surface area contributed by atoms with E-state index in [-0.39, 0.29) is 11.3 Å². The van der Waals surface area contributed by atoms with Crippen molar-refractivity contribution in [1.29, 1.82) is 0 Å². The van der Waals surface area contributed by atoms with Gasteiger partial charge in [-0.15, -0.1) is 0 Å². The van der Waals surface area contributed by atoms with Crippen molar-refractivity contribution in [2.24, 2.45) is 0 Å². The highest BCUT2D eigenvalue weighted by Crippen LogP contribution is 2.39. The standard InChI is InChI=1S/C31H33N3O5/c1-22-5-2-3-6-25(22)21-39-26-9-7-24(8-10-26)29(35)27-28(23-11-13-32-14-12-23)34(31(37)30(27)36)16-4-15-33-17-19-38-20-18-33/h2-3,5-14,28,35H,4,15-21H2,1H3/b29-27-. The third-order valence-corrected chi connectivity index (χ3v) is 7.32. The Balaban J connectivity index is 1.36. The number of amides is 1. The summed E-state index contributed by atoms with van der Waals surface area (Å²) >= 11 is 0. The summed E-state index contributed by atoms with van der Waals surface area (Å²) in [6.45, 7) is 6.80. The fourth-order valence-electron chi connectivity index (χ4n) is 5.09. The highest BCUT2D eigenvalue weighted by atomic mass is 16.5. The summed E-state index contributed by atoms with van der Waals surface area (Å²) < 4.78 is 11.3. The van der Waals surface area contributed by atoms with E-state index in [1.54, 1.807) is 53.7 Å². The molecule has 0 bridgehead atoms. The first-order valence-corrected chi connectivity index (χ1v) is 13.3. The van der Waals surface area contributed by atoms with E-state index in [2.05, 4.69) is 9.88 Å². The highest BCUT2D eigenvalue weighted by molar-refractivity contribution is 6.46. The van der Waals surface area contributed by atoms with Crippen molar-refractivity contribution in [2.45, 2.75) is 26.0 Å². The topological polar surface area (TPSA) is 92.2 Å². The first-order valence-electron chi connectivity index (χ1n) is 13.3. The molecule has 2 aliphatic rings. The predicted octanol–water partition coefficient (Wildman–Crippen LogP) is 4.11. The molecule has 2 aliphatic heterocycles. The molecule has 2 aromatic carbocycles. The number of ether oxygens (including phenoxy) is 2. The van der Waals surface area contributed by atoms with Gasteiger partial charge in [0.05, 0.1) is 24.8 Å². The van der Waals surface area contributed by atoms with Crippen LogP contribution in [0.25, 0.3) is 5.76 Å². The second-order valence-corrected chi connectivity index (χ2v) is 9.82. The number of aromatic nitrogens is 1. The van der Waals surface area contributed by atoms with Gasteiger partial charge in [-0.2, -0.15) is 0 Å². The number of nitrogens with zero attached hydrogens (tertiary/aromatic N) is 3. The Bertz CT molecular complexity index is 1330. The number of pyridine rings is 1. The molecule has 2 fully saturated rings. The average Bonchev–Trinajstić information content (AvgIpc) is 3.23. The number of carbonyl (C=O) groups excluding carboxylic acids is 2. The van der Waals surface area contributed by atoms with Crippen molar-refractivity contribution in [3.63, 3.8) is 0 Å². The zero-order valence-electron chi connectivity index (χ0n) is 22.1. The van der Waals surface area contributed by atoms with Crippen LogP contribution >= 0.6 is 0 Å². The third-order valence-electron chi connectivity index (χ3n) is 7.32. The summed E-state index contributed by atoms with van der Waals surface area (Å²) in [5, 5.41) is 11.3. The van der Waals surface area contributed by atoms with Gasteiger partial charge in [-0.3, -0.25) is 19.5 Å². The molecule has 3 aromatic rings. The van der Waals surface area contributed by atoms with E-state index >= 15 is 0 Å². The van der Waals surface area contributed by atoms with Gasteiger partial charge in [0.25, 0.3) is 11.7 Å². The van der Waals surface area contributed by atoms with Crippen molar-refractivity contribution in [1.82, 2.24) is 14.8 Å². The largest absolute Gasteiger partial charge is 0.507 e. The van der Waals surface area contributed by atoms with Crippen LogP contribution in [0, 0.1) is 6.92 Å². The summed E-state index contributed by atoms with van der Waals surface area (Å²) in [6.07, 6.45) is 3.97. The maximum absolute atomic E-state index is 13.3. The van der Waals surface area contributed by atoms with Crippen LogP contribution in [0.5, 0.6) is 5.75 Å². The monoisotopic (exact) mass is 527 g/mol. The zero-order valence-corrected chi connectivity index (χ0v) is 22.1. The summed E-state index contributed by atoms with van der Waals surface area (Å²) in [5.74, 6) is -0.834. The lowest BCUT2D eigenvalue weighted by atomic mass is 9.96. The molecule has 0 aliphatic carbocycles. The second kappa shape index (κ2) is 12.2. The van der Waals surface area contributed by atoms with Gasteiger partial charge < -0.3 is 19.5 Å². The number of rotatable bonds is 9. The van der Waals surface area contributed by atoms with Gasteiger partial charge in [0.15, 0.2) is 0 Å². The number of aliphatic hydroxyl groups excluding tert-OH is 1. The Kier molecular flexibility index (Phi) is 8.34. The maximum Gasteiger partial charge on any atom is 0.295 e. The van der Waals surface area contributed by atoms with Crippen molar-refractivity contribution in [3.8, 4) is 5.75 Å². The lowest BCUT2D eigenvalue weighted by molar-refractivity contribution is -0.140. The summed E-state index contributed by atoms with van der Waals surface area (Å²) in [6, 6.07) is 17.8. The number of hydrogen-bond acceptors (Lipinski definition) is 7. The first kappa shape index (κ1) is 26.6. The average molecular weight is 528 g/mol. The lowest BCUT2D eigenvalue weighted by Crippen LogP contribution is -2.38. The molecule has 1 amide bonds. The number of carbonyl (C=O) groups is 2. The second-order valence-electron chi connectivity index (χ2n) is 9.82. The van der Waals surface area contributed by atoms with E-state index in [1.165, 1.54) is 0 Å². The van der Waals surface area contributed by atoms with Crippen molar-refractivity contribution >= 4 is 17.4 Å². The van der Waals surface area contributed by atoms with E-state index < -0.39 is 17.7 Å². The quantitative estimate of drug-likeness (QED) is 0.254. The fraction of sp³-hybridized carbons (Fsp3) is 0.323. The molecule has 0 spiro atoms. The molecule has 2 saturated heterocycles. The van der Waals surface area contributed by atoms with Gasteiger partial charge in [-0.25, -0.2) is 0 Å². The molecule has 0 saturated carbocycles. The number of morpholine rings is 1. The number of aryl methyl sites for hydroxylation is 1. The maximum atomic E-state index is 13.3. The molecule has 8 heteroatoms. The zero-order chi connectivity index (χ0) is 27.2. The molecule has 202 valence electrons. The Hall–Kier alpha value is -4.01. The van der Waals surface area contributed by atoms with Crippen LogP contribution < -0.4 is 4.74 Å². The highest BCUT2D eigenvalue weighted by Gasteiger charge is 2.45. The number of benzene rings is 2. The Morgan fingerprint density at radius 2 is 1.72 bits per heavy atom. The summed E-state index contributed by atoms with van der Waals surface area (Å²) in [4.78, 5) is 34.4. The Labute approximate surface area is 228 Å². The van der Waals surface area contributed by atoms with Crippen molar-refractivity contribution < 1.29 is 24.2 Å². The minimum absolute atomic E-state index is 0.0890. The molecule has 1 unspecified atom stereocenters. The van der Waals surface area contributed by atoms with Gasteiger partial charge >= 0.3 is 0 Å². The number of hydrogen-bond donors (Lipinski definition) is 1. The molecule has 5 rings (SSSR count). The molecular weight excluding hydrogens is 494 g/mol. The van der Waals surface area contributed by atoms with Gasteiger partial charge in [-0.1, -0.05) is 24.3 Å². The van der Waals surface area contributed by atoms with E-state index in [0.717, 1.165) is 36.3 Å². The van der Waals surface area contributed by atoms with Gasteiger partial charge in [0, 0.05) is 44.1 Å². The van der Waals surface area contributed by atoms with E-state index in [4.69, 9.17) is 9.47 Å². The van der Waals surface area contributed by atoms with Crippen LogP contribution in [0.3, 0.4) is 0 Å². The molecule has 1 aromatic heterocycles. The van der Waals surface area contributed by atoms with E-state index in [0.29, 0.717) is 44.1 Å². The molecule has 1 atom stereocenters. The number of likely N-dealkylation sites (tertiary alicyclic amines) is 1. The summed E-state index contributed by atoms with van der Waals surface area (Å²) in [7, 11) is 0. The minimum atomic E-state index is -0.685. The molecular formula is C31H33N3O5. The van der Waals surface area contributed by atoms with E-state index in [9.17, 15) is 14.7 Å². The smallest absolute Gasteiger partial charge is 0.295 e. The fourth-order valence-corrected chi connectivity index (χ4v) is 5.09. The van der Waals surface area contributed by atoms with Gasteiger partial charge in [-0.05, 0) is 66.4 Å². The van der Waals surface area contributed by atoms with Crippen LogP contribution in [0.4, 0.5) is 0 Å². The molecule has 3 heterocycles. The van der Waals surface area contributed by atoms with Crippen LogP contribution in [-0.2, 0) is 20.9 Å².